The van der Waals surface area contributed by atoms with Crippen LogP contribution in [0.5, 0.6) is 0 Å². The van der Waals surface area contributed by atoms with Crippen LogP contribution < -0.4 is 10.6 Å². The maximum Gasteiger partial charge on any atom is 0.350 e. The first-order valence-corrected chi connectivity index (χ1v) is 10.7. The summed E-state index contributed by atoms with van der Waals surface area (Å²) >= 11 is 1.06. The number of esters is 1. The summed E-state index contributed by atoms with van der Waals surface area (Å²) in [6, 6.07) is 16.5. The summed E-state index contributed by atoms with van der Waals surface area (Å²) in [5.41, 5.74) is 2.67. The molecule has 0 fully saturated rings. The number of nitrogens with zero attached hydrogens (tertiary/aromatic N) is 1. The van der Waals surface area contributed by atoms with Gasteiger partial charge in [-0.1, -0.05) is 59.9 Å². The molecule has 0 atom stereocenters. The molecule has 160 valence electrons. The summed E-state index contributed by atoms with van der Waals surface area (Å²) in [7, 11) is 0. The molecular weight excluding hydrogens is 414 g/mol. The number of carbonyl (C=O) groups is 3. The van der Waals surface area contributed by atoms with E-state index in [0.717, 1.165) is 22.5 Å². The zero-order valence-corrected chi connectivity index (χ0v) is 18.1. The lowest BCUT2D eigenvalue weighted by molar-refractivity contribution is -0.116. The van der Waals surface area contributed by atoms with Crippen LogP contribution in [0.15, 0.2) is 54.6 Å². The number of carbonyl (C=O) groups excluding carboxylic acids is 3. The third-order valence-corrected chi connectivity index (χ3v) is 5.36. The van der Waals surface area contributed by atoms with E-state index in [1.807, 2.05) is 49.4 Å². The molecule has 31 heavy (non-hydrogen) atoms. The van der Waals surface area contributed by atoms with Crippen LogP contribution in [0, 0.1) is 6.92 Å². The molecule has 0 spiro atoms. The van der Waals surface area contributed by atoms with Crippen molar-refractivity contribution in [1.29, 1.82) is 0 Å². The van der Waals surface area contributed by atoms with Crippen molar-refractivity contribution >= 4 is 34.3 Å². The Labute approximate surface area is 184 Å². The fourth-order valence-electron chi connectivity index (χ4n) is 2.89. The molecule has 7 nitrogen and oxygen atoms in total. The molecule has 2 aromatic carbocycles. The topological polar surface area (TPSA) is 97.4 Å². The van der Waals surface area contributed by atoms with Crippen molar-refractivity contribution < 1.29 is 19.1 Å². The SMILES string of the molecule is CCOC(=O)c1sc(NC(=O)CCNC(=O)c2ccccc2C)nc1-c1ccccc1. The van der Waals surface area contributed by atoms with Gasteiger partial charge in [0.1, 0.15) is 4.88 Å². The van der Waals surface area contributed by atoms with Crippen LogP contribution >= 0.6 is 11.3 Å². The van der Waals surface area contributed by atoms with E-state index in [-0.39, 0.29) is 31.4 Å². The summed E-state index contributed by atoms with van der Waals surface area (Å²) in [6.45, 7) is 4.01. The number of amides is 2. The zero-order valence-electron chi connectivity index (χ0n) is 17.3. The molecule has 1 heterocycles. The quantitative estimate of drug-likeness (QED) is 0.518. The minimum Gasteiger partial charge on any atom is -0.462 e. The van der Waals surface area contributed by atoms with Gasteiger partial charge in [0.05, 0.1) is 12.3 Å². The van der Waals surface area contributed by atoms with E-state index in [2.05, 4.69) is 15.6 Å². The molecule has 0 radical (unpaired) electrons. The largest absolute Gasteiger partial charge is 0.462 e. The number of benzene rings is 2. The highest BCUT2D eigenvalue weighted by Gasteiger charge is 2.21. The number of ether oxygens (including phenoxy) is 1. The van der Waals surface area contributed by atoms with Crippen LogP contribution in [0.25, 0.3) is 11.3 Å². The number of hydrogen-bond donors (Lipinski definition) is 2. The molecule has 2 amide bonds. The van der Waals surface area contributed by atoms with Crippen molar-refractivity contribution in [2.75, 3.05) is 18.5 Å². The Morgan fingerprint density at radius 1 is 1.03 bits per heavy atom. The minimum absolute atomic E-state index is 0.0760. The van der Waals surface area contributed by atoms with Gasteiger partial charge in [-0.25, -0.2) is 9.78 Å². The summed E-state index contributed by atoms with van der Waals surface area (Å²) in [5, 5.41) is 5.75. The van der Waals surface area contributed by atoms with Crippen molar-refractivity contribution in [2.24, 2.45) is 0 Å². The Kier molecular flexibility index (Phi) is 7.50. The number of aryl methyl sites for hydroxylation is 1. The summed E-state index contributed by atoms with van der Waals surface area (Å²) in [5.74, 6) is -1.02. The Bertz CT molecular complexity index is 1080. The predicted molar refractivity (Wildman–Crippen MR) is 120 cm³/mol. The van der Waals surface area contributed by atoms with E-state index in [4.69, 9.17) is 4.74 Å². The van der Waals surface area contributed by atoms with Crippen molar-refractivity contribution in [3.05, 3.63) is 70.6 Å². The first-order valence-electron chi connectivity index (χ1n) is 9.86. The summed E-state index contributed by atoms with van der Waals surface area (Å²) in [4.78, 5) is 41.7. The monoisotopic (exact) mass is 437 g/mol. The van der Waals surface area contributed by atoms with Crippen molar-refractivity contribution in [2.45, 2.75) is 20.3 Å². The second-order valence-corrected chi connectivity index (χ2v) is 7.65. The van der Waals surface area contributed by atoms with E-state index in [1.165, 1.54) is 0 Å². The molecule has 3 aromatic rings. The Morgan fingerprint density at radius 3 is 2.45 bits per heavy atom. The van der Waals surface area contributed by atoms with Crippen LogP contribution in [0.2, 0.25) is 0 Å². The third-order valence-electron chi connectivity index (χ3n) is 4.41. The molecule has 3 rings (SSSR count). The highest BCUT2D eigenvalue weighted by Crippen LogP contribution is 2.31. The van der Waals surface area contributed by atoms with Gasteiger partial charge in [0.15, 0.2) is 5.13 Å². The molecule has 0 aliphatic rings. The molecular formula is C23H23N3O4S. The summed E-state index contributed by atoms with van der Waals surface area (Å²) in [6.07, 6.45) is 0.0760. The van der Waals surface area contributed by atoms with Crippen LogP contribution in [-0.2, 0) is 9.53 Å². The van der Waals surface area contributed by atoms with Crippen LogP contribution in [0.4, 0.5) is 5.13 Å². The molecule has 1 aromatic heterocycles. The van der Waals surface area contributed by atoms with E-state index in [9.17, 15) is 14.4 Å². The van der Waals surface area contributed by atoms with Crippen LogP contribution in [-0.4, -0.2) is 35.9 Å². The van der Waals surface area contributed by atoms with E-state index in [0.29, 0.717) is 21.3 Å². The molecule has 0 aliphatic carbocycles. The normalized spacial score (nSPS) is 10.4. The molecule has 0 aliphatic heterocycles. The first kappa shape index (κ1) is 22.2. The standard InChI is InChI=1S/C23H23N3O4S/c1-3-30-22(29)20-19(16-10-5-4-6-11-16)26-23(31-20)25-18(27)13-14-24-21(28)17-12-8-7-9-15(17)2/h4-12H,3,13-14H2,1-2H3,(H,24,28)(H,25,26,27). The van der Waals surface area contributed by atoms with E-state index in [1.54, 1.807) is 19.1 Å². The van der Waals surface area contributed by atoms with Gasteiger partial charge < -0.3 is 15.4 Å². The maximum atomic E-state index is 12.3. The van der Waals surface area contributed by atoms with Gasteiger partial charge >= 0.3 is 5.97 Å². The number of rotatable bonds is 8. The molecule has 0 saturated carbocycles. The number of thiazole rings is 1. The molecule has 2 N–H and O–H groups in total. The Balaban J connectivity index is 1.64. The average molecular weight is 438 g/mol. The minimum atomic E-state index is -0.482. The van der Waals surface area contributed by atoms with E-state index < -0.39 is 5.97 Å². The number of nitrogens with one attached hydrogen (secondary N) is 2. The highest BCUT2D eigenvalue weighted by molar-refractivity contribution is 7.18. The molecule has 0 bridgehead atoms. The van der Waals surface area contributed by atoms with Crippen molar-refractivity contribution in [3.8, 4) is 11.3 Å². The smallest absolute Gasteiger partial charge is 0.350 e. The third kappa shape index (κ3) is 5.76. The maximum absolute atomic E-state index is 12.3. The second-order valence-electron chi connectivity index (χ2n) is 6.65. The fourth-order valence-corrected chi connectivity index (χ4v) is 3.79. The average Bonchev–Trinajstić information content (AvgIpc) is 3.18. The second kappa shape index (κ2) is 10.5. The fraction of sp³-hybridized carbons (Fsp3) is 0.217. The lowest BCUT2D eigenvalue weighted by Crippen LogP contribution is -2.28. The zero-order chi connectivity index (χ0) is 22.2. The predicted octanol–water partition coefficient (Wildman–Crippen LogP) is 4.05. The van der Waals surface area contributed by atoms with Gasteiger partial charge in [0, 0.05) is 24.1 Å². The lowest BCUT2D eigenvalue weighted by atomic mass is 10.1. The summed E-state index contributed by atoms with van der Waals surface area (Å²) < 4.78 is 5.12. The molecule has 8 heteroatoms. The number of aromatic nitrogens is 1. The van der Waals surface area contributed by atoms with E-state index >= 15 is 0 Å². The number of anilines is 1. The van der Waals surface area contributed by atoms with Gasteiger partial charge in [0.2, 0.25) is 5.91 Å². The molecule has 0 unspecified atom stereocenters. The van der Waals surface area contributed by atoms with Crippen LogP contribution in [0.3, 0.4) is 0 Å². The first-order chi connectivity index (χ1) is 15.0. The molecule has 0 saturated heterocycles. The van der Waals surface area contributed by atoms with Crippen molar-refractivity contribution in [3.63, 3.8) is 0 Å². The van der Waals surface area contributed by atoms with Gasteiger partial charge in [-0.05, 0) is 25.5 Å². The van der Waals surface area contributed by atoms with Gasteiger partial charge in [-0.2, -0.15) is 0 Å². The van der Waals surface area contributed by atoms with Crippen molar-refractivity contribution in [1.82, 2.24) is 10.3 Å². The van der Waals surface area contributed by atoms with Gasteiger partial charge in [-0.3, -0.25) is 9.59 Å². The van der Waals surface area contributed by atoms with Gasteiger partial charge in [0.25, 0.3) is 5.91 Å². The van der Waals surface area contributed by atoms with Gasteiger partial charge in [-0.15, -0.1) is 0 Å². The lowest BCUT2D eigenvalue weighted by Gasteiger charge is -2.07. The van der Waals surface area contributed by atoms with Crippen LogP contribution in [0.1, 0.15) is 38.9 Å². The Hall–Kier alpha value is -3.52. The number of hydrogen-bond acceptors (Lipinski definition) is 6. The highest BCUT2D eigenvalue weighted by atomic mass is 32.1. The Morgan fingerprint density at radius 2 is 1.74 bits per heavy atom.